The van der Waals surface area contributed by atoms with Crippen molar-refractivity contribution in [3.8, 4) is 0 Å². The Labute approximate surface area is 78.2 Å². The van der Waals surface area contributed by atoms with E-state index < -0.39 is 5.79 Å². The predicted molar refractivity (Wildman–Crippen MR) is 47.3 cm³/mol. The second-order valence-corrected chi connectivity index (χ2v) is 4.17. The van der Waals surface area contributed by atoms with E-state index >= 15 is 0 Å². The zero-order chi connectivity index (χ0) is 9.47. The minimum absolute atomic E-state index is 0.113. The van der Waals surface area contributed by atoms with Gasteiger partial charge in [0.15, 0.2) is 5.79 Å². The van der Waals surface area contributed by atoms with E-state index in [0.717, 1.165) is 13.0 Å². The van der Waals surface area contributed by atoms with Crippen LogP contribution < -0.4 is 5.32 Å². The van der Waals surface area contributed by atoms with E-state index in [1.54, 1.807) is 0 Å². The first-order chi connectivity index (χ1) is 6.12. The van der Waals surface area contributed by atoms with Gasteiger partial charge in [-0.25, -0.2) is 0 Å². The lowest BCUT2D eigenvalue weighted by atomic mass is 10.1. The van der Waals surface area contributed by atoms with Crippen LogP contribution in [-0.2, 0) is 9.47 Å². The van der Waals surface area contributed by atoms with Crippen LogP contribution >= 0.6 is 0 Å². The molecule has 2 fully saturated rings. The van der Waals surface area contributed by atoms with Gasteiger partial charge in [-0.2, -0.15) is 0 Å². The van der Waals surface area contributed by atoms with Crippen LogP contribution in [0.1, 0.15) is 20.3 Å². The second kappa shape index (κ2) is 3.20. The van der Waals surface area contributed by atoms with E-state index in [-0.39, 0.29) is 24.9 Å². The summed E-state index contributed by atoms with van der Waals surface area (Å²) in [6.07, 6.45) is 1.01. The summed E-state index contributed by atoms with van der Waals surface area (Å²) in [6, 6.07) is 0.247. The van der Waals surface area contributed by atoms with Crippen molar-refractivity contribution in [2.24, 2.45) is 0 Å². The first kappa shape index (κ1) is 9.40. The molecule has 0 spiro atoms. The number of fused-ring (bicyclic) bond motifs is 1. The van der Waals surface area contributed by atoms with Crippen molar-refractivity contribution in [3.63, 3.8) is 0 Å². The molecule has 0 aliphatic carbocycles. The molecule has 2 rings (SSSR count). The SMILES string of the molecule is CC1(C)O[C@H]2[C@@H](CCO)NC[C@H]2O1. The quantitative estimate of drug-likeness (QED) is 0.632. The van der Waals surface area contributed by atoms with Gasteiger partial charge in [-0.1, -0.05) is 0 Å². The van der Waals surface area contributed by atoms with Crippen LogP contribution in [0.2, 0.25) is 0 Å². The summed E-state index contributed by atoms with van der Waals surface area (Å²) in [5.74, 6) is -0.453. The summed E-state index contributed by atoms with van der Waals surface area (Å²) in [4.78, 5) is 0. The molecular formula is C9H17NO3. The average Bonchev–Trinajstić information content (AvgIpc) is 2.48. The fraction of sp³-hybridized carbons (Fsp3) is 1.00. The summed E-state index contributed by atoms with van der Waals surface area (Å²) < 4.78 is 11.4. The molecule has 4 heteroatoms. The molecule has 0 bridgehead atoms. The van der Waals surface area contributed by atoms with Crippen LogP contribution in [0.3, 0.4) is 0 Å². The van der Waals surface area contributed by atoms with Gasteiger partial charge in [0.25, 0.3) is 0 Å². The molecule has 2 aliphatic heterocycles. The zero-order valence-corrected chi connectivity index (χ0v) is 8.12. The fourth-order valence-electron chi connectivity index (χ4n) is 2.15. The highest BCUT2D eigenvalue weighted by atomic mass is 16.8. The Morgan fingerprint density at radius 1 is 1.46 bits per heavy atom. The van der Waals surface area contributed by atoms with Gasteiger partial charge < -0.3 is 19.9 Å². The molecule has 0 unspecified atom stereocenters. The monoisotopic (exact) mass is 187 g/mol. The Hall–Kier alpha value is -0.160. The lowest BCUT2D eigenvalue weighted by Crippen LogP contribution is -2.35. The molecule has 0 saturated carbocycles. The molecular weight excluding hydrogens is 170 g/mol. The number of rotatable bonds is 2. The molecule has 4 nitrogen and oxygen atoms in total. The van der Waals surface area contributed by atoms with Gasteiger partial charge in [-0.15, -0.1) is 0 Å². The first-order valence-electron chi connectivity index (χ1n) is 4.82. The van der Waals surface area contributed by atoms with Crippen LogP contribution in [0.4, 0.5) is 0 Å². The number of ether oxygens (including phenoxy) is 2. The maximum Gasteiger partial charge on any atom is 0.163 e. The summed E-state index contributed by atoms with van der Waals surface area (Å²) >= 11 is 0. The average molecular weight is 187 g/mol. The van der Waals surface area contributed by atoms with E-state index in [9.17, 15) is 0 Å². The van der Waals surface area contributed by atoms with Crippen LogP contribution in [0.5, 0.6) is 0 Å². The highest BCUT2D eigenvalue weighted by Gasteiger charge is 2.48. The van der Waals surface area contributed by atoms with Crippen LogP contribution in [0.25, 0.3) is 0 Å². The number of aliphatic hydroxyl groups is 1. The van der Waals surface area contributed by atoms with Crippen molar-refractivity contribution < 1.29 is 14.6 Å². The minimum Gasteiger partial charge on any atom is -0.396 e. The third kappa shape index (κ3) is 1.72. The molecule has 0 aromatic rings. The highest BCUT2D eigenvalue weighted by molar-refractivity contribution is 4.97. The van der Waals surface area contributed by atoms with Gasteiger partial charge >= 0.3 is 0 Å². The number of hydrogen-bond donors (Lipinski definition) is 2. The molecule has 0 aromatic heterocycles. The minimum atomic E-state index is -0.453. The Morgan fingerprint density at radius 3 is 2.92 bits per heavy atom. The van der Waals surface area contributed by atoms with Crippen molar-refractivity contribution in [3.05, 3.63) is 0 Å². The lowest BCUT2D eigenvalue weighted by Gasteiger charge is -2.21. The molecule has 3 atom stereocenters. The van der Waals surface area contributed by atoms with Crippen molar-refractivity contribution in [1.82, 2.24) is 5.32 Å². The van der Waals surface area contributed by atoms with E-state index in [4.69, 9.17) is 14.6 Å². The summed E-state index contributed by atoms with van der Waals surface area (Å²) in [6.45, 7) is 4.89. The molecule has 2 N–H and O–H groups in total. The van der Waals surface area contributed by atoms with Crippen LogP contribution in [0.15, 0.2) is 0 Å². The smallest absolute Gasteiger partial charge is 0.163 e. The molecule has 0 amide bonds. The van der Waals surface area contributed by atoms with E-state index in [0.29, 0.717) is 0 Å². The summed E-state index contributed by atoms with van der Waals surface area (Å²) in [7, 11) is 0. The standard InChI is InChI=1S/C9H17NO3/c1-9(2)12-7-5-10-6(3-4-11)8(7)13-9/h6-8,10-11H,3-5H2,1-2H3/t6-,7-,8+/m1/s1. The van der Waals surface area contributed by atoms with E-state index in [2.05, 4.69) is 5.32 Å². The van der Waals surface area contributed by atoms with Gasteiger partial charge in [0.2, 0.25) is 0 Å². The maximum atomic E-state index is 8.84. The van der Waals surface area contributed by atoms with Gasteiger partial charge in [0.1, 0.15) is 12.2 Å². The fourth-order valence-corrected chi connectivity index (χ4v) is 2.15. The Kier molecular flexibility index (Phi) is 2.32. The maximum absolute atomic E-state index is 8.84. The number of nitrogens with one attached hydrogen (secondary N) is 1. The van der Waals surface area contributed by atoms with Crippen LogP contribution in [-0.4, -0.2) is 42.3 Å². The third-order valence-electron chi connectivity index (χ3n) is 2.64. The molecule has 2 heterocycles. The van der Waals surface area contributed by atoms with Gasteiger partial charge in [-0.3, -0.25) is 0 Å². The molecule has 13 heavy (non-hydrogen) atoms. The molecule has 76 valence electrons. The van der Waals surface area contributed by atoms with Gasteiger partial charge in [0, 0.05) is 19.2 Å². The van der Waals surface area contributed by atoms with Crippen molar-refractivity contribution in [2.75, 3.05) is 13.2 Å². The summed E-state index contributed by atoms with van der Waals surface area (Å²) in [5.41, 5.74) is 0. The van der Waals surface area contributed by atoms with E-state index in [1.807, 2.05) is 13.8 Å². The van der Waals surface area contributed by atoms with Gasteiger partial charge in [-0.05, 0) is 20.3 Å². The van der Waals surface area contributed by atoms with Gasteiger partial charge in [0.05, 0.1) is 0 Å². The first-order valence-corrected chi connectivity index (χ1v) is 4.82. The second-order valence-electron chi connectivity index (χ2n) is 4.17. The summed E-state index contributed by atoms with van der Waals surface area (Å²) in [5, 5.41) is 12.1. The Bertz CT molecular complexity index is 193. The third-order valence-corrected chi connectivity index (χ3v) is 2.64. The molecule has 0 aromatic carbocycles. The largest absolute Gasteiger partial charge is 0.396 e. The Balaban J connectivity index is 1.99. The molecule has 2 aliphatic rings. The zero-order valence-electron chi connectivity index (χ0n) is 8.12. The van der Waals surface area contributed by atoms with E-state index in [1.165, 1.54) is 0 Å². The van der Waals surface area contributed by atoms with Crippen molar-refractivity contribution in [2.45, 2.75) is 44.3 Å². The highest BCUT2D eigenvalue weighted by Crippen LogP contribution is 2.33. The lowest BCUT2D eigenvalue weighted by molar-refractivity contribution is -0.153. The predicted octanol–water partition coefficient (Wildman–Crippen LogP) is -0.139. The van der Waals surface area contributed by atoms with Crippen LogP contribution in [0, 0.1) is 0 Å². The molecule has 2 saturated heterocycles. The number of hydrogen-bond acceptors (Lipinski definition) is 4. The number of aliphatic hydroxyl groups excluding tert-OH is 1. The van der Waals surface area contributed by atoms with Crippen molar-refractivity contribution >= 4 is 0 Å². The molecule has 0 radical (unpaired) electrons. The Morgan fingerprint density at radius 2 is 2.23 bits per heavy atom. The topological polar surface area (TPSA) is 50.7 Å². The van der Waals surface area contributed by atoms with Crippen molar-refractivity contribution in [1.29, 1.82) is 0 Å². The normalized spacial score (nSPS) is 42.2.